The van der Waals surface area contributed by atoms with Crippen LogP contribution in [0.25, 0.3) is 0 Å². The lowest BCUT2D eigenvalue weighted by Crippen LogP contribution is -2.45. The summed E-state index contributed by atoms with van der Waals surface area (Å²) < 4.78 is 31.0. The quantitative estimate of drug-likeness (QED) is 0.353. The van der Waals surface area contributed by atoms with Crippen LogP contribution in [0, 0.1) is 18.8 Å². The van der Waals surface area contributed by atoms with Crippen molar-refractivity contribution in [3.05, 3.63) is 35.9 Å². The van der Waals surface area contributed by atoms with Gasteiger partial charge in [-0.3, -0.25) is 19.3 Å². The number of anilines is 1. The van der Waals surface area contributed by atoms with Crippen molar-refractivity contribution >= 4 is 39.4 Å². The monoisotopic (exact) mass is 477 g/mol. The molecule has 1 N–H and O–H groups in total. The fourth-order valence-electron chi connectivity index (χ4n) is 3.92. The van der Waals surface area contributed by atoms with Gasteiger partial charge in [-0.1, -0.05) is 18.2 Å². The van der Waals surface area contributed by atoms with E-state index in [2.05, 4.69) is 5.32 Å². The van der Waals surface area contributed by atoms with Crippen molar-refractivity contribution in [1.29, 1.82) is 0 Å². The van der Waals surface area contributed by atoms with Crippen molar-refractivity contribution in [1.82, 2.24) is 9.21 Å². The maximum Gasteiger partial charge on any atom is 0.329 e. The van der Waals surface area contributed by atoms with Crippen molar-refractivity contribution in [3.8, 4) is 0 Å². The number of carbonyl (C=O) groups excluding carboxylic acids is 4. The lowest BCUT2D eigenvalue weighted by Gasteiger charge is -2.21. The van der Waals surface area contributed by atoms with Gasteiger partial charge >= 0.3 is 5.97 Å². The molecule has 0 radical (unpaired) electrons. The molecule has 11 heteroatoms. The Morgan fingerprint density at radius 3 is 2.27 bits per heavy atom. The Kier molecular flexibility index (Phi) is 7.03. The summed E-state index contributed by atoms with van der Waals surface area (Å²) in [6.45, 7) is 2.37. The Bertz CT molecular complexity index is 1100. The van der Waals surface area contributed by atoms with Gasteiger partial charge in [0.25, 0.3) is 5.91 Å². The number of carbonyl (C=O) groups is 4. The molecule has 0 bridgehead atoms. The number of rotatable bonds is 7. The number of amides is 3. The second-order valence-corrected chi connectivity index (χ2v) is 10.4. The second kappa shape index (κ2) is 9.44. The van der Waals surface area contributed by atoms with Gasteiger partial charge in [0.15, 0.2) is 6.61 Å². The fraction of sp³-hybridized carbons (Fsp3) is 0.455. The smallest absolute Gasteiger partial charge is 0.329 e. The van der Waals surface area contributed by atoms with Crippen molar-refractivity contribution in [2.75, 3.05) is 26.0 Å². The molecule has 1 heterocycles. The molecule has 0 saturated carbocycles. The van der Waals surface area contributed by atoms with Gasteiger partial charge < -0.3 is 10.1 Å². The highest BCUT2D eigenvalue weighted by atomic mass is 32.2. The van der Waals surface area contributed by atoms with Crippen LogP contribution in [0.15, 0.2) is 35.2 Å². The molecular formula is C22H27N3O7S. The normalized spacial score (nSPS) is 21.2. The first-order valence-corrected chi connectivity index (χ1v) is 11.9. The molecule has 0 aromatic heterocycles. The van der Waals surface area contributed by atoms with Crippen molar-refractivity contribution in [2.45, 2.75) is 37.6 Å². The molecule has 3 atom stereocenters. The summed E-state index contributed by atoms with van der Waals surface area (Å²) in [5.74, 6) is -3.30. The van der Waals surface area contributed by atoms with Gasteiger partial charge in [-0.15, -0.1) is 0 Å². The molecule has 1 aliphatic carbocycles. The molecule has 1 aliphatic heterocycles. The molecule has 178 valence electrons. The molecule has 10 nitrogen and oxygen atoms in total. The van der Waals surface area contributed by atoms with E-state index in [0.717, 1.165) is 9.21 Å². The summed E-state index contributed by atoms with van der Waals surface area (Å²) in [5.41, 5.74) is 0.731. The van der Waals surface area contributed by atoms with Gasteiger partial charge in [0, 0.05) is 19.8 Å². The van der Waals surface area contributed by atoms with E-state index in [1.165, 1.54) is 33.2 Å². The first-order chi connectivity index (χ1) is 15.4. The Balaban J connectivity index is 1.61. The lowest BCUT2D eigenvalue weighted by molar-refractivity contribution is -0.159. The Hall–Kier alpha value is -3.05. The van der Waals surface area contributed by atoms with E-state index in [9.17, 15) is 27.6 Å². The average Bonchev–Trinajstić information content (AvgIpc) is 3.03. The number of likely N-dealkylation sites (tertiary alicyclic amines) is 1. The van der Waals surface area contributed by atoms with E-state index in [1.807, 2.05) is 12.2 Å². The molecule has 3 amide bonds. The van der Waals surface area contributed by atoms with Gasteiger partial charge in [-0.05, 0) is 44.4 Å². The summed E-state index contributed by atoms with van der Waals surface area (Å²) in [6, 6.07) is 3.26. The minimum Gasteiger partial charge on any atom is -0.454 e. The van der Waals surface area contributed by atoms with Crippen LogP contribution in [0.4, 0.5) is 5.69 Å². The Morgan fingerprint density at radius 1 is 1.15 bits per heavy atom. The predicted octanol–water partition coefficient (Wildman–Crippen LogP) is 1.07. The van der Waals surface area contributed by atoms with Crippen LogP contribution in [0.3, 0.4) is 0 Å². The van der Waals surface area contributed by atoms with Crippen LogP contribution in [-0.2, 0) is 33.9 Å². The zero-order chi connectivity index (χ0) is 24.5. The number of benzene rings is 1. The summed E-state index contributed by atoms with van der Waals surface area (Å²) in [7, 11) is -0.900. The van der Waals surface area contributed by atoms with Crippen molar-refractivity contribution < 1.29 is 32.3 Å². The standard InChI is InChI=1S/C22H27N3O7S/c1-13-9-10-15(11-18(13)33(30,31)24(3)4)23-19(26)12-32-22(29)14(2)25-20(27)16-7-5-6-8-17(16)21(25)28/h5-6,9-11,14,16-17H,7-8,12H2,1-4H3,(H,23,26)/t14-,16?,17?/m0/s1. The third-order valence-electron chi connectivity index (χ3n) is 5.85. The van der Waals surface area contributed by atoms with Crippen LogP contribution >= 0.6 is 0 Å². The van der Waals surface area contributed by atoms with Gasteiger partial charge in [-0.25, -0.2) is 17.5 Å². The average molecular weight is 478 g/mol. The number of allylic oxidation sites excluding steroid dienone is 2. The Labute approximate surface area is 192 Å². The van der Waals surface area contributed by atoms with E-state index >= 15 is 0 Å². The summed E-state index contributed by atoms with van der Waals surface area (Å²) in [4.78, 5) is 50.9. The summed E-state index contributed by atoms with van der Waals surface area (Å²) >= 11 is 0. The van der Waals surface area contributed by atoms with Crippen molar-refractivity contribution in [3.63, 3.8) is 0 Å². The molecular weight excluding hydrogens is 450 g/mol. The number of ether oxygens (including phenoxy) is 1. The highest BCUT2D eigenvalue weighted by Gasteiger charge is 2.50. The minimum absolute atomic E-state index is 0.0398. The number of esters is 1. The lowest BCUT2D eigenvalue weighted by atomic mass is 9.85. The SMILES string of the molecule is Cc1ccc(NC(=O)COC(=O)[C@H](C)N2C(=O)C3CC=CCC3C2=O)cc1S(=O)(=O)N(C)C. The predicted molar refractivity (Wildman–Crippen MR) is 118 cm³/mol. The zero-order valence-corrected chi connectivity index (χ0v) is 19.7. The van der Waals surface area contributed by atoms with E-state index in [4.69, 9.17) is 4.74 Å². The fourth-order valence-corrected chi connectivity index (χ4v) is 5.06. The van der Waals surface area contributed by atoms with Gasteiger partial charge in [-0.2, -0.15) is 0 Å². The molecule has 3 rings (SSSR count). The van der Waals surface area contributed by atoms with Crippen LogP contribution in [0.2, 0.25) is 0 Å². The molecule has 2 aliphatic rings. The summed E-state index contributed by atoms with van der Waals surface area (Å²) in [6.07, 6.45) is 4.61. The first-order valence-electron chi connectivity index (χ1n) is 10.5. The van der Waals surface area contributed by atoms with Crippen LogP contribution in [0.5, 0.6) is 0 Å². The molecule has 1 aromatic carbocycles. The Morgan fingerprint density at radius 2 is 1.73 bits per heavy atom. The molecule has 0 spiro atoms. The number of hydrogen-bond acceptors (Lipinski definition) is 7. The molecule has 1 fully saturated rings. The minimum atomic E-state index is -3.71. The largest absolute Gasteiger partial charge is 0.454 e. The van der Waals surface area contributed by atoms with Crippen LogP contribution in [0.1, 0.15) is 25.3 Å². The number of imide groups is 1. The molecule has 33 heavy (non-hydrogen) atoms. The number of nitrogens with one attached hydrogen (secondary N) is 1. The number of sulfonamides is 1. The third kappa shape index (κ3) is 4.83. The van der Waals surface area contributed by atoms with Crippen LogP contribution in [-0.4, -0.2) is 68.1 Å². The van der Waals surface area contributed by atoms with E-state index in [0.29, 0.717) is 18.4 Å². The maximum atomic E-state index is 12.6. The highest BCUT2D eigenvalue weighted by Crippen LogP contribution is 2.36. The first kappa shape index (κ1) is 24.6. The van der Waals surface area contributed by atoms with E-state index < -0.39 is 58.2 Å². The van der Waals surface area contributed by atoms with Gasteiger partial charge in [0.1, 0.15) is 6.04 Å². The highest BCUT2D eigenvalue weighted by molar-refractivity contribution is 7.89. The molecule has 1 saturated heterocycles. The third-order valence-corrected chi connectivity index (χ3v) is 7.80. The zero-order valence-electron chi connectivity index (χ0n) is 18.9. The molecule has 1 aromatic rings. The number of hydrogen-bond donors (Lipinski definition) is 1. The van der Waals surface area contributed by atoms with Crippen molar-refractivity contribution in [2.24, 2.45) is 11.8 Å². The van der Waals surface area contributed by atoms with E-state index in [1.54, 1.807) is 13.0 Å². The maximum absolute atomic E-state index is 12.6. The second-order valence-electron chi connectivity index (χ2n) is 8.30. The molecule has 2 unspecified atom stereocenters. The number of nitrogens with zero attached hydrogens (tertiary/aromatic N) is 2. The number of fused-ring (bicyclic) bond motifs is 1. The van der Waals surface area contributed by atoms with Gasteiger partial charge in [0.05, 0.1) is 16.7 Å². The van der Waals surface area contributed by atoms with Crippen LogP contribution < -0.4 is 5.32 Å². The summed E-state index contributed by atoms with van der Waals surface area (Å²) in [5, 5.41) is 2.49. The number of aryl methyl sites for hydroxylation is 1. The topological polar surface area (TPSA) is 130 Å². The van der Waals surface area contributed by atoms with E-state index in [-0.39, 0.29) is 10.6 Å². The van der Waals surface area contributed by atoms with Gasteiger partial charge in [0.2, 0.25) is 21.8 Å².